The lowest BCUT2D eigenvalue weighted by Gasteiger charge is -2.32. The van der Waals surface area contributed by atoms with Gasteiger partial charge in [-0.1, -0.05) is 73.9 Å². The van der Waals surface area contributed by atoms with Crippen LogP contribution in [0.25, 0.3) is 0 Å². The van der Waals surface area contributed by atoms with Crippen LogP contribution in [0.1, 0.15) is 79.9 Å². The van der Waals surface area contributed by atoms with E-state index in [1.54, 1.807) is 5.56 Å². The van der Waals surface area contributed by atoms with Gasteiger partial charge in [-0.3, -0.25) is 0 Å². The van der Waals surface area contributed by atoms with Gasteiger partial charge in [-0.05, 0) is 86.7 Å². The van der Waals surface area contributed by atoms with Crippen molar-refractivity contribution in [2.45, 2.75) is 69.6 Å². The van der Waals surface area contributed by atoms with E-state index in [9.17, 15) is 0 Å². The molecule has 0 spiro atoms. The van der Waals surface area contributed by atoms with Crippen LogP contribution in [0, 0.1) is 0 Å². The first-order valence-corrected chi connectivity index (χ1v) is 11.2. The normalized spacial score (nSPS) is 20.0. The van der Waals surface area contributed by atoms with Gasteiger partial charge in [0, 0.05) is 0 Å². The van der Waals surface area contributed by atoms with Crippen molar-refractivity contribution in [3.8, 4) is 0 Å². The van der Waals surface area contributed by atoms with Crippen LogP contribution in [0.15, 0.2) is 54.6 Å². The first-order valence-electron chi connectivity index (χ1n) is 11.2. The van der Waals surface area contributed by atoms with Gasteiger partial charge in [0.25, 0.3) is 0 Å². The maximum absolute atomic E-state index is 2.68. The van der Waals surface area contributed by atoms with Crippen molar-refractivity contribution in [1.82, 2.24) is 4.90 Å². The van der Waals surface area contributed by atoms with Gasteiger partial charge in [-0.2, -0.15) is 0 Å². The predicted molar refractivity (Wildman–Crippen MR) is 115 cm³/mol. The zero-order valence-electron chi connectivity index (χ0n) is 16.8. The highest BCUT2D eigenvalue weighted by Gasteiger charge is 2.20. The van der Waals surface area contributed by atoms with E-state index < -0.39 is 0 Å². The summed E-state index contributed by atoms with van der Waals surface area (Å²) in [5, 5.41) is 0. The van der Waals surface area contributed by atoms with Gasteiger partial charge in [0.1, 0.15) is 0 Å². The largest absolute Gasteiger partial charge is 0.303 e. The molecule has 2 fully saturated rings. The highest BCUT2D eigenvalue weighted by Crippen LogP contribution is 2.32. The Kier molecular flexibility index (Phi) is 6.63. The molecule has 2 aromatic rings. The summed E-state index contributed by atoms with van der Waals surface area (Å²) in [5.74, 6) is 1.61. The molecule has 1 saturated heterocycles. The second-order valence-electron chi connectivity index (χ2n) is 8.71. The van der Waals surface area contributed by atoms with Gasteiger partial charge >= 0.3 is 0 Å². The van der Waals surface area contributed by atoms with Gasteiger partial charge in [-0.25, -0.2) is 0 Å². The van der Waals surface area contributed by atoms with Gasteiger partial charge in [-0.15, -0.1) is 0 Å². The standard InChI is InChI=1S/C26H35N/c1-3-9-23(10-4-1)25-15-13-22(14-16-25)8-7-19-27-20-17-26(18-21-27)24-11-5-2-6-12-24/h2,5-6,11-16,23,26H,1,3-4,7-10,17-21H2. The number of piperidine rings is 1. The second-order valence-corrected chi connectivity index (χ2v) is 8.71. The predicted octanol–water partition coefficient (Wildman–Crippen LogP) is 6.55. The second kappa shape index (κ2) is 9.55. The van der Waals surface area contributed by atoms with Crippen LogP contribution in [-0.2, 0) is 6.42 Å². The van der Waals surface area contributed by atoms with E-state index in [2.05, 4.69) is 59.5 Å². The molecule has 1 heteroatoms. The number of likely N-dealkylation sites (tertiary alicyclic amines) is 1. The van der Waals surface area contributed by atoms with Crippen molar-refractivity contribution in [3.05, 3.63) is 71.3 Å². The Hall–Kier alpha value is -1.60. The number of hydrogen-bond donors (Lipinski definition) is 0. The summed E-state index contributed by atoms with van der Waals surface area (Å²) < 4.78 is 0. The average molecular weight is 362 g/mol. The van der Waals surface area contributed by atoms with E-state index in [4.69, 9.17) is 0 Å². The molecule has 2 aromatic carbocycles. The van der Waals surface area contributed by atoms with Crippen LogP contribution >= 0.6 is 0 Å². The molecule has 0 aromatic heterocycles. The number of hydrogen-bond acceptors (Lipinski definition) is 1. The fourth-order valence-corrected chi connectivity index (χ4v) is 5.11. The third-order valence-corrected chi connectivity index (χ3v) is 6.85. The lowest BCUT2D eigenvalue weighted by atomic mass is 9.84. The Bertz CT molecular complexity index is 661. The smallest absolute Gasteiger partial charge is 0.00129 e. The summed E-state index contributed by atoms with van der Waals surface area (Å²) in [5.41, 5.74) is 4.64. The molecule has 1 heterocycles. The summed E-state index contributed by atoms with van der Waals surface area (Å²) >= 11 is 0. The summed E-state index contributed by atoms with van der Waals surface area (Å²) in [7, 11) is 0. The summed E-state index contributed by atoms with van der Waals surface area (Å²) in [6, 6.07) is 20.7. The Morgan fingerprint density at radius 1 is 0.667 bits per heavy atom. The van der Waals surface area contributed by atoms with Crippen LogP contribution < -0.4 is 0 Å². The quantitative estimate of drug-likeness (QED) is 0.564. The Morgan fingerprint density at radius 3 is 2.00 bits per heavy atom. The lowest BCUT2D eigenvalue weighted by Crippen LogP contribution is -2.33. The van der Waals surface area contributed by atoms with Crippen molar-refractivity contribution in [3.63, 3.8) is 0 Å². The van der Waals surface area contributed by atoms with Crippen molar-refractivity contribution in [2.75, 3.05) is 19.6 Å². The molecule has 2 aliphatic rings. The number of aryl methyl sites for hydroxylation is 1. The molecule has 1 aliphatic heterocycles. The van der Waals surface area contributed by atoms with E-state index in [-0.39, 0.29) is 0 Å². The fraction of sp³-hybridized carbons (Fsp3) is 0.538. The Balaban J connectivity index is 1.18. The minimum Gasteiger partial charge on any atom is -0.303 e. The van der Waals surface area contributed by atoms with Crippen LogP contribution in [0.3, 0.4) is 0 Å². The van der Waals surface area contributed by atoms with Crippen LogP contribution in [0.5, 0.6) is 0 Å². The first kappa shape index (κ1) is 18.7. The summed E-state index contributed by atoms with van der Waals surface area (Å²) in [4.78, 5) is 2.68. The molecule has 4 rings (SSSR count). The van der Waals surface area contributed by atoms with Crippen molar-refractivity contribution < 1.29 is 0 Å². The molecule has 0 radical (unpaired) electrons. The molecule has 0 N–H and O–H groups in total. The molecule has 144 valence electrons. The van der Waals surface area contributed by atoms with E-state index in [0.29, 0.717) is 0 Å². The molecule has 0 atom stereocenters. The molecule has 1 nitrogen and oxygen atoms in total. The molecule has 27 heavy (non-hydrogen) atoms. The molecule has 0 bridgehead atoms. The highest BCUT2D eigenvalue weighted by molar-refractivity contribution is 5.26. The van der Waals surface area contributed by atoms with E-state index in [0.717, 1.165) is 11.8 Å². The lowest BCUT2D eigenvalue weighted by molar-refractivity contribution is 0.210. The Morgan fingerprint density at radius 2 is 1.30 bits per heavy atom. The number of nitrogens with zero attached hydrogens (tertiary/aromatic N) is 1. The van der Waals surface area contributed by atoms with E-state index in [1.807, 2.05) is 0 Å². The Labute approximate surface area is 165 Å². The number of rotatable bonds is 6. The van der Waals surface area contributed by atoms with Gasteiger partial charge in [0.15, 0.2) is 0 Å². The minimum atomic E-state index is 0.773. The van der Waals surface area contributed by atoms with Crippen molar-refractivity contribution >= 4 is 0 Å². The molecular weight excluding hydrogens is 326 g/mol. The SMILES string of the molecule is c1ccc(C2CCN(CCCc3ccc(C4CCCCC4)cc3)CC2)cc1. The van der Waals surface area contributed by atoms with Crippen molar-refractivity contribution in [1.29, 1.82) is 0 Å². The van der Waals surface area contributed by atoms with E-state index >= 15 is 0 Å². The molecular formula is C26H35N. The molecule has 1 aliphatic carbocycles. The van der Waals surface area contributed by atoms with Crippen LogP contribution in [0.2, 0.25) is 0 Å². The third kappa shape index (κ3) is 5.23. The average Bonchev–Trinajstić information content (AvgIpc) is 2.76. The van der Waals surface area contributed by atoms with Crippen molar-refractivity contribution in [2.24, 2.45) is 0 Å². The molecule has 0 unspecified atom stereocenters. The molecule has 1 saturated carbocycles. The first-order chi connectivity index (χ1) is 13.4. The molecule has 0 amide bonds. The monoisotopic (exact) mass is 361 g/mol. The third-order valence-electron chi connectivity index (χ3n) is 6.85. The zero-order valence-corrected chi connectivity index (χ0v) is 16.8. The maximum atomic E-state index is 2.68. The number of benzene rings is 2. The topological polar surface area (TPSA) is 3.24 Å². The zero-order chi connectivity index (χ0) is 18.3. The van der Waals surface area contributed by atoms with Crippen LogP contribution in [0.4, 0.5) is 0 Å². The summed E-state index contributed by atoms with van der Waals surface area (Å²) in [6.45, 7) is 3.78. The van der Waals surface area contributed by atoms with Gasteiger partial charge < -0.3 is 4.90 Å². The van der Waals surface area contributed by atoms with E-state index in [1.165, 1.54) is 88.5 Å². The summed E-state index contributed by atoms with van der Waals surface area (Å²) in [6.07, 6.45) is 12.2. The minimum absolute atomic E-state index is 0.773. The maximum Gasteiger partial charge on any atom is -0.00129 e. The highest BCUT2D eigenvalue weighted by atomic mass is 15.1. The van der Waals surface area contributed by atoms with Gasteiger partial charge in [0.05, 0.1) is 0 Å². The van der Waals surface area contributed by atoms with Crippen LogP contribution in [-0.4, -0.2) is 24.5 Å². The van der Waals surface area contributed by atoms with Gasteiger partial charge in [0.2, 0.25) is 0 Å². The fourth-order valence-electron chi connectivity index (χ4n) is 5.11.